The first-order valence-corrected chi connectivity index (χ1v) is 11.0. The second-order valence-corrected chi connectivity index (χ2v) is 8.45. The monoisotopic (exact) mass is 474 g/mol. The fourth-order valence-electron chi connectivity index (χ4n) is 5.00. The lowest BCUT2D eigenvalue weighted by Crippen LogP contribution is -2.06. The van der Waals surface area contributed by atoms with Crippen molar-refractivity contribution in [2.75, 3.05) is 0 Å². The quantitative estimate of drug-likeness (QED) is 0.251. The Balaban J connectivity index is 1.76. The van der Waals surface area contributed by atoms with Crippen molar-refractivity contribution >= 4 is 43.1 Å². The molecule has 0 heterocycles. The molecule has 6 rings (SSSR count). The molecule has 36 heavy (non-hydrogen) atoms. The van der Waals surface area contributed by atoms with Gasteiger partial charge in [0.2, 0.25) is 12.4 Å². The summed E-state index contributed by atoms with van der Waals surface area (Å²) < 4.78 is 40.2. The summed E-state index contributed by atoms with van der Waals surface area (Å²) in [4.78, 5) is 8.01. The molecule has 0 saturated heterocycles. The van der Waals surface area contributed by atoms with Crippen molar-refractivity contribution in [3.8, 4) is 23.5 Å². The Labute approximate surface area is 201 Å². The number of hydrogen-bond donors (Lipinski definition) is 0. The molecule has 0 unspecified atom stereocenters. The van der Waals surface area contributed by atoms with Gasteiger partial charge < -0.3 is 0 Å². The maximum absolute atomic E-state index is 13.4. The van der Waals surface area contributed by atoms with Gasteiger partial charge >= 0.3 is 6.18 Å². The van der Waals surface area contributed by atoms with Gasteiger partial charge in [-0.05, 0) is 63.0 Å². The van der Waals surface area contributed by atoms with Gasteiger partial charge in [0.1, 0.15) is 0 Å². The predicted octanol–water partition coefficient (Wildman–Crippen LogP) is 6.62. The molecule has 0 fully saturated rings. The zero-order chi connectivity index (χ0) is 25.0. The molecule has 0 atom stereocenters. The van der Waals surface area contributed by atoms with E-state index in [0.29, 0.717) is 26.9 Å². The third-order valence-corrected chi connectivity index (χ3v) is 6.56. The van der Waals surface area contributed by atoms with Crippen molar-refractivity contribution in [1.29, 1.82) is 10.5 Å². The highest BCUT2D eigenvalue weighted by molar-refractivity contribution is 6.21. The van der Waals surface area contributed by atoms with Crippen LogP contribution >= 0.6 is 0 Å². The van der Waals surface area contributed by atoms with Crippen LogP contribution in [0.1, 0.15) is 5.56 Å². The molecule has 170 valence electrons. The summed E-state index contributed by atoms with van der Waals surface area (Å²) in [5.41, 5.74) is 1.18. The van der Waals surface area contributed by atoms with Crippen LogP contribution in [0.5, 0.6) is 0 Å². The van der Waals surface area contributed by atoms with E-state index in [9.17, 15) is 23.7 Å². The Hall–Kier alpha value is -5.01. The van der Waals surface area contributed by atoms with Crippen LogP contribution in [0.25, 0.3) is 54.2 Å². The molecular formula is C29H13F3N4. The van der Waals surface area contributed by atoms with Crippen LogP contribution in [-0.2, 0) is 6.18 Å². The van der Waals surface area contributed by atoms with Gasteiger partial charge in [-0.25, -0.2) is 0 Å². The van der Waals surface area contributed by atoms with E-state index in [1.807, 2.05) is 66.9 Å². The normalized spacial score (nSPS) is 13.1. The van der Waals surface area contributed by atoms with E-state index in [1.54, 1.807) is 6.19 Å². The van der Waals surface area contributed by atoms with Crippen molar-refractivity contribution in [2.24, 2.45) is 9.98 Å². The highest BCUT2D eigenvalue weighted by Gasteiger charge is 2.31. The lowest BCUT2D eigenvalue weighted by atomic mass is 10.0. The summed E-state index contributed by atoms with van der Waals surface area (Å²) in [5.74, 6) is 0. The second-order valence-electron chi connectivity index (χ2n) is 8.45. The van der Waals surface area contributed by atoms with E-state index in [2.05, 4.69) is 9.98 Å². The van der Waals surface area contributed by atoms with Gasteiger partial charge in [0.05, 0.1) is 16.3 Å². The van der Waals surface area contributed by atoms with Gasteiger partial charge in [-0.15, -0.1) is 0 Å². The van der Waals surface area contributed by atoms with Crippen molar-refractivity contribution in [2.45, 2.75) is 6.18 Å². The molecule has 0 aliphatic rings. The van der Waals surface area contributed by atoms with E-state index in [0.717, 1.165) is 39.4 Å². The van der Waals surface area contributed by atoms with Gasteiger partial charge in [-0.1, -0.05) is 48.5 Å². The molecule has 0 spiro atoms. The molecule has 6 aromatic rings. The number of benzene rings is 4. The molecule has 0 amide bonds. The highest BCUT2D eigenvalue weighted by Crippen LogP contribution is 2.36. The molecule has 0 saturated carbocycles. The first-order valence-electron chi connectivity index (χ1n) is 11.0. The Morgan fingerprint density at radius 1 is 0.528 bits per heavy atom. The minimum atomic E-state index is -4.52. The van der Waals surface area contributed by atoms with Crippen LogP contribution < -0.4 is 10.7 Å². The van der Waals surface area contributed by atoms with Crippen molar-refractivity contribution < 1.29 is 13.2 Å². The molecule has 0 aliphatic carbocycles. The number of rotatable bonds is 1. The standard InChI is InChI=1S/C29H13F3N4/c30-29(31,32)18-7-9-20-22-13-25-21(12-26(22)28(36-15-34)24(20)11-18)19-8-6-17(16-4-2-1-3-5-16)10-23(19)27(25)35-14-33/h1-13H. The van der Waals surface area contributed by atoms with Crippen molar-refractivity contribution in [3.05, 3.63) is 95.1 Å². The maximum atomic E-state index is 13.4. The summed E-state index contributed by atoms with van der Waals surface area (Å²) >= 11 is 0. The summed E-state index contributed by atoms with van der Waals surface area (Å²) in [5, 5.41) is 24.6. The third-order valence-electron chi connectivity index (χ3n) is 6.56. The van der Waals surface area contributed by atoms with Crippen LogP contribution in [-0.4, -0.2) is 0 Å². The number of nitrogens with zero attached hydrogens (tertiary/aromatic N) is 4. The highest BCUT2D eigenvalue weighted by atomic mass is 19.4. The van der Waals surface area contributed by atoms with Gasteiger partial charge in [0, 0.05) is 21.5 Å². The lowest BCUT2D eigenvalue weighted by Gasteiger charge is -2.06. The largest absolute Gasteiger partial charge is 0.416 e. The van der Waals surface area contributed by atoms with Gasteiger partial charge in [-0.2, -0.15) is 33.7 Å². The van der Waals surface area contributed by atoms with E-state index < -0.39 is 11.7 Å². The molecule has 0 radical (unpaired) electrons. The SMILES string of the molecule is N#CN=c1c2cc(-c3ccccc3)ccc2c2cc3c(=NC#N)c4cc(C(F)(F)F)ccc4c3cc12. The second kappa shape index (κ2) is 7.76. The third kappa shape index (κ3) is 3.14. The summed E-state index contributed by atoms with van der Waals surface area (Å²) in [6.07, 6.45) is -0.904. The maximum Gasteiger partial charge on any atom is 0.416 e. The predicted molar refractivity (Wildman–Crippen MR) is 132 cm³/mol. The molecule has 0 N–H and O–H groups in total. The molecule has 6 aromatic carbocycles. The molecule has 0 aliphatic heterocycles. The number of alkyl halides is 3. The Morgan fingerprint density at radius 3 is 1.61 bits per heavy atom. The van der Waals surface area contributed by atoms with Gasteiger partial charge in [0.15, 0.2) is 0 Å². The fourth-order valence-corrected chi connectivity index (χ4v) is 5.00. The molecular weight excluding hydrogens is 461 g/mol. The summed E-state index contributed by atoms with van der Waals surface area (Å²) in [6.45, 7) is 0. The zero-order valence-electron chi connectivity index (χ0n) is 18.4. The van der Waals surface area contributed by atoms with Crippen LogP contribution in [0.4, 0.5) is 13.2 Å². The minimum absolute atomic E-state index is 0.199. The van der Waals surface area contributed by atoms with E-state index in [1.165, 1.54) is 6.07 Å². The first kappa shape index (κ1) is 21.5. The first-order chi connectivity index (χ1) is 17.4. The van der Waals surface area contributed by atoms with Crippen molar-refractivity contribution in [3.63, 3.8) is 0 Å². The summed E-state index contributed by atoms with van der Waals surface area (Å²) in [6, 6.07) is 22.9. The lowest BCUT2D eigenvalue weighted by molar-refractivity contribution is -0.137. The zero-order valence-corrected chi connectivity index (χ0v) is 18.4. The van der Waals surface area contributed by atoms with Gasteiger partial charge in [0.25, 0.3) is 0 Å². The average Bonchev–Trinajstić information content (AvgIpc) is 3.35. The van der Waals surface area contributed by atoms with Crippen LogP contribution in [0.3, 0.4) is 0 Å². The number of fused-ring (bicyclic) bond motifs is 6. The summed E-state index contributed by atoms with van der Waals surface area (Å²) in [7, 11) is 0. The average molecular weight is 474 g/mol. The molecule has 0 bridgehead atoms. The fraction of sp³-hybridized carbons (Fsp3) is 0.0345. The van der Waals surface area contributed by atoms with Gasteiger partial charge in [-0.3, -0.25) is 0 Å². The smallest absolute Gasteiger partial charge is 0.172 e. The van der Waals surface area contributed by atoms with Crippen molar-refractivity contribution in [1.82, 2.24) is 0 Å². The number of halogens is 3. The Morgan fingerprint density at radius 2 is 1.06 bits per heavy atom. The van der Waals surface area contributed by atoms with Crippen LogP contribution in [0.15, 0.2) is 88.8 Å². The topological polar surface area (TPSA) is 72.3 Å². The van der Waals surface area contributed by atoms with E-state index in [-0.39, 0.29) is 10.7 Å². The Bertz CT molecular complexity index is 2050. The van der Waals surface area contributed by atoms with E-state index in [4.69, 9.17) is 0 Å². The Kier molecular flexibility index (Phi) is 4.64. The van der Waals surface area contributed by atoms with Crippen LogP contribution in [0.2, 0.25) is 0 Å². The molecule has 7 heteroatoms. The van der Waals surface area contributed by atoms with E-state index >= 15 is 0 Å². The number of hydrogen-bond acceptors (Lipinski definition) is 4. The molecule has 4 nitrogen and oxygen atoms in total. The number of nitriles is 2. The minimum Gasteiger partial charge on any atom is -0.172 e. The van der Waals surface area contributed by atoms with Crippen LogP contribution in [0, 0.1) is 22.9 Å². The molecule has 0 aromatic heterocycles.